The minimum absolute atomic E-state index is 0.0685. The molecule has 0 aromatic heterocycles. The lowest BCUT2D eigenvalue weighted by molar-refractivity contribution is -0.100. The maximum Gasteiger partial charge on any atom is 0.229 e. The first-order valence-corrected chi connectivity index (χ1v) is 14.9. The maximum atomic E-state index is 11.5. The molecule has 8 heteroatoms. The van der Waals surface area contributed by atoms with Crippen LogP contribution in [0, 0.1) is 11.3 Å². The highest BCUT2D eigenvalue weighted by Crippen LogP contribution is 2.41. The molecule has 3 rings (SSSR count). The molecule has 4 nitrogen and oxygen atoms in total. The average Bonchev–Trinajstić information content (AvgIpc) is 3.20. The maximum absolute atomic E-state index is 11.5. The molecule has 1 heterocycles. The van der Waals surface area contributed by atoms with Crippen LogP contribution in [0.5, 0.6) is 0 Å². The Morgan fingerprint density at radius 2 is 1.70 bits per heavy atom. The average molecular weight is 523 g/mol. The summed E-state index contributed by atoms with van der Waals surface area (Å²) >= 11 is 12.5. The number of hydrogen-bond acceptors (Lipinski definition) is 4. The second-order valence-electron chi connectivity index (χ2n) is 9.36. The van der Waals surface area contributed by atoms with Gasteiger partial charge in [-0.15, -0.1) is 0 Å². The fraction of sp³-hybridized carbons (Fsp3) is 0.520. The number of halogens is 2. The van der Waals surface area contributed by atoms with E-state index >= 15 is 0 Å². The summed E-state index contributed by atoms with van der Waals surface area (Å²) in [4.78, 5) is 2.43. The second kappa shape index (κ2) is 12.3. The van der Waals surface area contributed by atoms with Crippen molar-refractivity contribution in [3.05, 3.63) is 69.7 Å². The molecule has 1 N–H and O–H groups in total. The zero-order valence-electron chi connectivity index (χ0n) is 19.7. The van der Waals surface area contributed by atoms with Gasteiger partial charge >= 0.3 is 0 Å². The molecule has 2 unspecified atom stereocenters. The Balaban J connectivity index is 1.82. The Labute approximate surface area is 213 Å². The van der Waals surface area contributed by atoms with E-state index in [9.17, 15) is 5.11 Å². The molecule has 0 saturated carbocycles. The highest BCUT2D eigenvalue weighted by Gasteiger charge is 2.42. The first-order chi connectivity index (χ1) is 15.7. The van der Waals surface area contributed by atoms with Gasteiger partial charge in [-0.05, 0) is 42.8 Å². The van der Waals surface area contributed by atoms with Gasteiger partial charge in [0.1, 0.15) is 6.29 Å². The third-order valence-electron chi connectivity index (χ3n) is 6.38. The number of aliphatic hydroxyl groups excluding tert-OH is 1. The predicted molar refractivity (Wildman–Crippen MR) is 138 cm³/mol. The molecule has 0 bridgehead atoms. The van der Waals surface area contributed by atoms with Crippen LogP contribution in [0.1, 0.15) is 37.3 Å². The second-order valence-corrected chi connectivity index (χ2v) is 11.5. The largest absolute Gasteiger partial charge is 0.394 e. The Morgan fingerprint density at radius 3 is 2.30 bits per heavy atom. The van der Waals surface area contributed by atoms with E-state index in [2.05, 4.69) is 43.0 Å². The van der Waals surface area contributed by atoms with E-state index in [0.717, 1.165) is 25.2 Å². The van der Waals surface area contributed by atoms with Gasteiger partial charge in [-0.2, -0.15) is 0 Å². The van der Waals surface area contributed by atoms with Crippen molar-refractivity contribution in [1.82, 2.24) is 4.90 Å². The third kappa shape index (κ3) is 7.15. The van der Waals surface area contributed by atoms with E-state index in [1.807, 2.05) is 37.4 Å². The standard InChI is InChI=1S/C25H33Cl2NO3Si2/c1-25(2,24(30-32-3)31-33-4)13-23(29)20-16-28(14-17-8-6-5-7-9-17)15-19(20)18-10-11-21(26)22(27)12-18/h5-12,19-20,23-24,29H,13-16H2,1-4H3/t19?,20?,23-/m0/s1. The molecule has 3 atom stereocenters. The van der Waals surface area contributed by atoms with E-state index in [0.29, 0.717) is 36.0 Å². The zero-order valence-corrected chi connectivity index (χ0v) is 23.2. The van der Waals surface area contributed by atoms with Crippen LogP contribution < -0.4 is 0 Å². The molecular formula is C25H33Cl2NO3Si2. The molecule has 1 saturated heterocycles. The van der Waals surface area contributed by atoms with Crippen molar-refractivity contribution in [2.75, 3.05) is 13.1 Å². The fourth-order valence-corrected chi connectivity index (χ4v) is 6.28. The smallest absolute Gasteiger partial charge is 0.229 e. The number of likely N-dealkylation sites (tertiary alicyclic amines) is 1. The van der Waals surface area contributed by atoms with Crippen LogP contribution in [0.4, 0.5) is 0 Å². The highest BCUT2D eigenvalue weighted by atomic mass is 35.5. The summed E-state index contributed by atoms with van der Waals surface area (Å²) in [6.45, 7) is 10.8. The summed E-state index contributed by atoms with van der Waals surface area (Å²) in [6.07, 6.45) is -0.242. The summed E-state index contributed by atoms with van der Waals surface area (Å²) in [5.74, 6) is 0.231. The van der Waals surface area contributed by atoms with E-state index in [1.54, 1.807) is 0 Å². The Morgan fingerprint density at radius 1 is 1.03 bits per heavy atom. The lowest BCUT2D eigenvalue weighted by atomic mass is 9.77. The summed E-state index contributed by atoms with van der Waals surface area (Å²) in [5, 5.41) is 12.6. The van der Waals surface area contributed by atoms with Gasteiger partial charge in [0.2, 0.25) is 19.5 Å². The topological polar surface area (TPSA) is 41.9 Å². The Bertz CT molecular complexity index is 881. The third-order valence-corrected chi connectivity index (χ3v) is 8.02. The molecule has 1 fully saturated rings. The lowest BCUT2D eigenvalue weighted by Gasteiger charge is -2.37. The van der Waals surface area contributed by atoms with Crippen LogP contribution >= 0.6 is 23.2 Å². The van der Waals surface area contributed by atoms with Crippen molar-refractivity contribution in [2.45, 2.75) is 58.2 Å². The van der Waals surface area contributed by atoms with E-state index in [1.165, 1.54) is 5.56 Å². The number of aliphatic hydroxyl groups is 1. The van der Waals surface area contributed by atoms with Gasteiger partial charge < -0.3 is 14.0 Å². The molecule has 0 spiro atoms. The van der Waals surface area contributed by atoms with Crippen LogP contribution in [-0.4, -0.2) is 55.0 Å². The molecule has 1 aliphatic heterocycles. The van der Waals surface area contributed by atoms with E-state index in [-0.39, 0.29) is 23.5 Å². The van der Waals surface area contributed by atoms with Crippen LogP contribution in [0.15, 0.2) is 48.5 Å². The van der Waals surface area contributed by atoms with Crippen molar-refractivity contribution in [3.8, 4) is 0 Å². The van der Waals surface area contributed by atoms with Crippen LogP contribution in [-0.2, 0) is 15.4 Å². The quantitative estimate of drug-likeness (QED) is 0.305. The molecule has 4 radical (unpaired) electrons. The van der Waals surface area contributed by atoms with Crippen molar-refractivity contribution >= 4 is 42.7 Å². The van der Waals surface area contributed by atoms with Crippen LogP contribution in [0.25, 0.3) is 0 Å². The predicted octanol–water partition coefficient (Wildman–Crippen LogP) is 5.68. The van der Waals surface area contributed by atoms with E-state index < -0.39 is 6.10 Å². The number of nitrogens with zero attached hydrogens (tertiary/aromatic N) is 1. The Kier molecular flexibility index (Phi) is 10.0. The number of hydrogen-bond donors (Lipinski definition) is 1. The normalized spacial score (nSPS) is 20.5. The molecule has 0 aliphatic carbocycles. The van der Waals surface area contributed by atoms with Crippen LogP contribution in [0.2, 0.25) is 23.1 Å². The monoisotopic (exact) mass is 521 g/mol. The molecule has 2 aromatic rings. The first-order valence-electron chi connectivity index (χ1n) is 11.3. The molecule has 2 aromatic carbocycles. The first kappa shape index (κ1) is 26.9. The number of rotatable bonds is 11. The summed E-state index contributed by atoms with van der Waals surface area (Å²) < 4.78 is 11.8. The van der Waals surface area contributed by atoms with Gasteiger partial charge in [0, 0.05) is 36.9 Å². The zero-order chi connectivity index (χ0) is 24.0. The highest BCUT2D eigenvalue weighted by molar-refractivity contribution is 6.42. The summed E-state index contributed by atoms with van der Waals surface area (Å²) in [7, 11) is 0.675. The van der Waals surface area contributed by atoms with Gasteiger partial charge in [0.15, 0.2) is 0 Å². The fourth-order valence-electron chi connectivity index (χ4n) is 4.71. The molecule has 0 amide bonds. The minimum atomic E-state index is -0.504. The molecular weight excluding hydrogens is 489 g/mol. The van der Waals surface area contributed by atoms with Gasteiger partial charge in [-0.3, -0.25) is 4.90 Å². The van der Waals surface area contributed by atoms with Crippen molar-refractivity contribution in [3.63, 3.8) is 0 Å². The number of benzene rings is 2. The van der Waals surface area contributed by atoms with Gasteiger partial charge in [0.25, 0.3) is 0 Å². The lowest BCUT2D eigenvalue weighted by Crippen LogP contribution is -2.41. The van der Waals surface area contributed by atoms with Gasteiger partial charge in [-0.25, -0.2) is 0 Å². The SMILES string of the molecule is C[Si]OC(O[Si]C)C(C)(C)C[C@H](O)C1CN(Cc2ccccc2)CC1c1ccc(Cl)c(Cl)c1. The van der Waals surface area contributed by atoms with Crippen LogP contribution in [0.3, 0.4) is 0 Å². The Hall–Kier alpha value is -0.706. The van der Waals surface area contributed by atoms with Crippen molar-refractivity contribution in [1.29, 1.82) is 0 Å². The van der Waals surface area contributed by atoms with Crippen molar-refractivity contribution in [2.24, 2.45) is 11.3 Å². The van der Waals surface area contributed by atoms with Gasteiger partial charge in [0.05, 0.1) is 16.1 Å². The minimum Gasteiger partial charge on any atom is -0.394 e. The molecule has 178 valence electrons. The summed E-state index contributed by atoms with van der Waals surface area (Å²) in [5.41, 5.74) is 2.08. The van der Waals surface area contributed by atoms with Crippen molar-refractivity contribution < 1.29 is 14.0 Å². The van der Waals surface area contributed by atoms with Gasteiger partial charge in [-0.1, -0.05) is 73.4 Å². The molecule has 1 aliphatic rings. The van der Waals surface area contributed by atoms with E-state index in [4.69, 9.17) is 32.1 Å². The molecule has 33 heavy (non-hydrogen) atoms. The summed E-state index contributed by atoms with van der Waals surface area (Å²) in [6, 6.07) is 16.3.